The van der Waals surface area contributed by atoms with Crippen LogP contribution in [0.1, 0.15) is 187 Å². The monoisotopic (exact) mass is 710 g/mol. The number of hydrogen-bond acceptors (Lipinski definition) is 7. The smallest absolute Gasteiger partial charge is 0.306 e. The number of carbonyl (C=O) groups is 3. The van der Waals surface area contributed by atoms with Crippen LogP contribution in [-0.2, 0) is 19.1 Å². The third kappa shape index (κ3) is 36.2. The second-order valence-corrected chi connectivity index (χ2v) is 15.4. The Hall–Kier alpha value is -1.05. The van der Waals surface area contributed by atoms with Crippen LogP contribution in [0.3, 0.4) is 0 Å². The number of rotatable bonds is 36. The van der Waals surface area contributed by atoms with E-state index in [1.807, 2.05) is 7.05 Å². The first-order valence-corrected chi connectivity index (χ1v) is 22.0. The molecule has 5 nitrogen and oxygen atoms in total. The lowest BCUT2D eigenvalue weighted by Gasteiger charge is -2.18. The van der Waals surface area contributed by atoms with Gasteiger partial charge < -0.3 is 10.1 Å². The maximum atomic E-state index is 12.4. The molecule has 0 saturated heterocycles. The molecule has 0 radical (unpaired) electrons. The molecule has 0 aliphatic rings. The molecule has 0 aromatic heterocycles. The fraction of sp³-hybridized carbons (Fsp3) is 0.829. The largest absolute Gasteiger partial charge is 0.462 e. The Morgan fingerprint density at radius 2 is 0.979 bits per heavy atom. The van der Waals surface area contributed by atoms with E-state index >= 15 is 0 Å². The van der Waals surface area contributed by atoms with Gasteiger partial charge in [0.1, 0.15) is 6.10 Å². The van der Waals surface area contributed by atoms with Crippen molar-refractivity contribution in [2.75, 3.05) is 25.1 Å². The van der Waals surface area contributed by atoms with E-state index < -0.39 is 0 Å². The molecule has 280 valence electrons. The van der Waals surface area contributed by atoms with Crippen molar-refractivity contribution in [2.45, 2.75) is 193 Å². The Morgan fingerprint density at radius 3 is 1.44 bits per heavy atom. The van der Waals surface area contributed by atoms with Crippen molar-refractivity contribution in [2.24, 2.45) is 0 Å². The standard InChI is InChI=1S/C41H75NO4S2/c1-4-6-8-10-14-21-27-36-47-40(44)33-25-19-13-12-17-23-30-38(46-39(43)32-29-35-42-3)31-24-18-16-20-26-34-41(45)48-37-28-22-15-11-9-7-5-2/h21-22,27-28,38,42H,4-20,23-26,29-37H2,1-3H3/b27-21+,28-22+. The van der Waals surface area contributed by atoms with Gasteiger partial charge in [-0.05, 0) is 84.2 Å². The Bertz CT molecular complexity index is 801. The van der Waals surface area contributed by atoms with Gasteiger partial charge in [0.2, 0.25) is 0 Å². The van der Waals surface area contributed by atoms with Gasteiger partial charge in [0.05, 0.1) is 0 Å². The first-order valence-electron chi connectivity index (χ1n) is 20.0. The quantitative estimate of drug-likeness (QED) is 0.0394. The predicted octanol–water partition coefficient (Wildman–Crippen LogP) is 12.3. The average Bonchev–Trinajstić information content (AvgIpc) is 3.07. The molecule has 0 rings (SSSR count). The molecule has 0 saturated carbocycles. The molecule has 0 aliphatic carbocycles. The number of unbranched alkanes of at least 4 members (excludes halogenated alkanes) is 17. The van der Waals surface area contributed by atoms with Gasteiger partial charge in [0.25, 0.3) is 0 Å². The number of hydrogen-bond donors (Lipinski definition) is 1. The Morgan fingerprint density at radius 1 is 0.542 bits per heavy atom. The summed E-state index contributed by atoms with van der Waals surface area (Å²) >= 11 is 2.92. The molecule has 0 aromatic carbocycles. The zero-order valence-corrected chi connectivity index (χ0v) is 33.2. The summed E-state index contributed by atoms with van der Waals surface area (Å²) in [7, 11) is 1.91. The number of esters is 1. The maximum Gasteiger partial charge on any atom is 0.306 e. The third-order valence-electron chi connectivity index (χ3n) is 8.63. The van der Waals surface area contributed by atoms with E-state index in [0.29, 0.717) is 29.5 Å². The van der Waals surface area contributed by atoms with E-state index in [2.05, 4.69) is 43.5 Å². The van der Waals surface area contributed by atoms with Crippen molar-refractivity contribution in [1.82, 2.24) is 5.32 Å². The minimum Gasteiger partial charge on any atom is -0.462 e. The van der Waals surface area contributed by atoms with E-state index in [1.165, 1.54) is 87.7 Å². The molecule has 7 heteroatoms. The Labute approximate surface area is 305 Å². The van der Waals surface area contributed by atoms with Crippen molar-refractivity contribution in [3.63, 3.8) is 0 Å². The Kier molecular flexibility index (Phi) is 37.9. The number of allylic oxidation sites excluding steroid dienone is 2. The number of carbonyl (C=O) groups excluding carboxylic acids is 3. The van der Waals surface area contributed by atoms with Gasteiger partial charge in [-0.25, -0.2) is 0 Å². The van der Waals surface area contributed by atoms with Crippen LogP contribution < -0.4 is 5.32 Å². The number of thioether (sulfide) groups is 2. The first kappa shape index (κ1) is 47.0. The summed E-state index contributed by atoms with van der Waals surface area (Å²) in [6, 6.07) is 0. The third-order valence-corrected chi connectivity index (χ3v) is 10.4. The fourth-order valence-corrected chi connectivity index (χ4v) is 7.03. The van der Waals surface area contributed by atoms with Crippen LogP contribution in [0.25, 0.3) is 0 Å². The molecule has 0 fully saturated rings. The lowest BCUT2D eigenvalue weighted by Crippen LogP contribution is -2.19. The van der Waals surface area contributed by atoms with Gasteiger partial charge in [-0.1, -0.05) is 145 Å². The van der Waals surface area contributed by atoms with Crippen LogP contribution in [0, 0.1) is 0 Å². The molecular weight excluding hydrogens is 635 g/mol. The summed E-state index contributed by atoms with van der Waals surface area (Å²) in [6.45, 7) is 5.30. The molecule has 0 aliphatic heterocycles. The van der Waals surface area contributed by atoms with Crippen molar-refractivity contribution >= 4 is 39.7 Å². The summed E-state index contributed by atoms with van der Waals surface area (Å²) in [6.07, 6.45) is 38.0. The minimum atomic E-state index is -0.0670. The molecule has 0 heterocycles. The summed E-state index contributed by atoms with van der Waals surface area (Å²) in [5, 5.41) is 3.74. The topological polar surface area (TPSA) is 72.5 Å². The van der Waals surface area contributed by atoms with Crippen molar-refractivity contribution in [3.05, 3.63) is 24.3 Å². The van der Waals surface area contributed by atoms with Crippen molar-refractivity contribution in [1.29, 1.82) is 0 Å². The summed E-state index contributed by atoms with van der Waals surface area (Å²) in [5.41, 5.74) is 0. The van der Waals surface area contributed by atoms with Crippen LogP contribution in [-0.4, -0.2) is 47.4 Å². The highest BCUT2D eigenvalue weighted by Crippen LogP contribution is 2.19. The fourth-order valence-electron chi connectivity index (χ4n) is 5.61. The van der Waals surface area contributed by atoms with Crippen LogP contribution >= 0.6 is 23.5 Å². The first-order chi connectivity index (χ1) is 23.5. The summed E-state index contributed by atoms with van der Waals surface area (Å²) < 4.78 is 5.91. The van der Waals surface area contributed by atoms with Crippen LogP contribution in [0.5, 0.6) is 0 Å². The van der Waals surface area contributed by atoms with Gasteiger partial charge in [0, 0.05) is 30.8 Å². The van der Waals surface area contributed by atoms with E-state index in [1.54, 1.807) is 0 Å². The highest BCUT2D eigenvalue weighted by Gasteiger charge is 2.14. The predicted molar refractivity (Wildman–Crippen MR) is 213 cm³/mol. The average molecular weight is 710 g/mol. The van der Waals surface area contributed by atoms with Gasteiger partial charge in [-0.2, -0.15) is 0 Å². The zero-order chi connectivity index (χ0) is 35.2. The number of nitrogens with one attached hydrogen (secondary N) is 1. The van der Waals surface area contributed by atoms with Crippen molar-refractivity contribution in [3.8, 4) is 0 Å². The molecule has 0 aromatic rings. The van der Waals surface area contributed by atoms with E-state index in [4.69, 9.17) is 4.74 Å². The van der Waals surface area contributed by atoms with Gasteiger partial charge in [0.15, 0.2) is 10.2 Å². The van der Waals surface area contributed by atoms with E-state index in [0.717, 1.165) is 108 Å². The van der Waals surface area contributed by atoms with Crippen molar-refractivity contribution < 1.29 is 19.1 Å². The molecule has 0 spiro atoms. The lowest BCUT2D eigenvalue weighted by atomic mass is 10.0. The lowest BCUT2D eigenvalue weighted by molar-refractivity contribution is -0.150. The molecular formula is C41H75NO4S2. The SMILES string of the molecule is CCCCCC/C=C/CSC(=O)CCCCCCCCC(CCCCCCCC(=O)SC/C=C/CCCCCC)OC(=O)CCCNC. The van der Waals surface area contributed by atoms with E-state index in [-0.39, 0.29) is 12.1 Å². The van der Waals surface area contributed by atoms with Crippen LogP contribution in [0.2, 0.25) is 0 Å². The van der Waals surface area contributed by atoms with Crippen LogP contribution in [0.15, 0.2) is 24.3 Å². The summed E-state index contributed by atoms with van der Waals surface area (Å²) in [4.78, 5) is 36.7. The molecule has 1 N–H and O–H groups in total. The highest BCUT2D eigenvalue weighted by atomic mass is 32.2. The van der Waals surface area contributed by atoms with E-state index in [9.17, 15) is 14.4 Å². The van der Waals surface area contributed by atoms with Gasteiger partial charge in [-0.15, -0.1) is 0 Å². The second-order valence-electron chi connectivity index (χ2n) is 13.3. The molecule has 1 unspecified atom stereocenters. The zero-order valence-electron chi connectivity index (χ0n) is 31.5. The minimum absolute atomic E-state index is 0.0183. The van der Waals surface area contributed by atoms with Crippen LogP contribution in [0.4, 0.5) is 0 Å². The summed E-state index contributed by atoms with van der Waals surface area (Å²) in [5.74, 6) is 1.55. The molecule has 1 atom stereocenters. The second kappa shape index (κ2) is 38.7. The van der Waals surface area contributed by atoms with Gasteiger partial charge in [-0.3, -0.25) is 14.4 Å². The number of ether oxygens (including phenoxy) is 1. The normalized spacial score (nSPS) is 12.3. The molecule has 0 bridgehead atoms. The Balaban J connectivity index is 4.02. The molecule has 48 heavy (non-hydrogen) atoms. The maximum absolute atomic E-state index is 12.4. The molecule has 0 amide bonds. The highest BCUT2D eigenvalue weighted by molar-refractivity contribution is 8.14. The van der Waals surface area contributed by atoms with Gasteiger partial charge >= 0.3 is 5.97 Å².